The van der Waals surface area contributed by atoms with Crippen molar-refractivity contribution in [1.82, 2.24) is 14.6 Å². The van der Waals surface area contributed by atoms with Crippen LogP contribution in [0.15, 0.2) is 10.9 Å². The summed E-state index contributed by atoms with van der Waals surface area (Å²) in [5, 5.41) is 8.24. The van der Waals surface area contributed by atoms with E-state index in [2.05, 4.69) is 15.4 Å². The van der Waals surface area contributed by atoms with Crippen LogP contribution in [0.2, 0.25) is 0 Å². The Morgan fingerprint density at radius 3 is 3.09 bits per heavy atom. The molecule has 0 bridgehead atoms. The molecular formula is C14H18N4O3S. The molecule has 7 nitrogen and oxygen atoms in total. The maximum absolute atomic E-state index is 12.0. The van der Waals surface area contributed by atoms with E-state index in [1.165, 1.54) is 29.0 Å². The third-order valence-corrected chi connectivity index (χ3v) is 4.79. The van der Waals surface area contributed by atoms with Gasteiger partial charge in [0.2, 0.25) is 10.1 Å². The summed E-state index contributed by atoms with van der Waals surface area (Å²) in [6.45, 7) is 1.96. The molecule has 0 aliphatic heterocycles. The molecule has 0 saturated heterocycles. The Bertz CT molecular complexity index is 754. The minimum Gasteiger partial charge on any atom is -0.469 e. The van der Waals surface area contributed by atoms with Crippen LogP contribution in [0.25, 0.3) is 4.96 Å². The van der Waals surface area contributed by atoms with E-state index >= 15 is 0 Å². The van der Waals surface area contributed by atoms with Gasteiger partial charge >= 0.3 is 5.97 Å². The standard InChI is InChI=1S/C14H18N4O3S/c1-3-9-7-11(19)18-14(16-9)22-13(17-18)15-10-5-4-8(6-10)12(20)21-2/h7-8,10H,3-6H2,1-2H3,(H,15,17)/t8-,10+/m0/s1. The number of rotatable bonds is 4. The average Bonchev–Trinajstić information content (AvgIpc) is 3.13. The average molecular weight is 322 g/mol. The van der Waals surface area contributed by atoms with Crippen molar-refractivity contribution in [3.63, 3.8) is 0 Å². The van der Waals surface area contributed by atoms with Gasteiger partial charge in [-0.2, -0.15) is 4.52 Å². The first-order valence-electron chi connectivity index (χ1n) is 7.35. The third-order valence-electron chi connectivity index (χ3n) is 3.96. The minimum absolute atomic E-state index is 0.0515. The Morgan fingerprint density at radius 1 is 1.55 bits per heavy atom. The number of fused-ring (bicyclic) bond motifs is 1. The van der Waals surface area contributed by atoms with Crippen molar-refractivity contribution in [2.45, 2.75) is 38.6 Å². The molecule has 0 spiro atoms. The van der Waals surface area contributed by atoms with Crippen LogP contribution in [-0.4, -0.2) is 33.7 Å². The molecule has 3 rings (SSSR count). The number of carbonyl (C=O) groups is 1. The maximum Gasteiger partial charge on any atom is 0.308 e. The zero-order valence-electron chi connectivity index (χ0n) is 12.5. The Morgan fingerprint density at radius 2 is 2.36 bits per heavy atom. The Balaban J connectivity index is 1.76. The number of aromatic nitrogens is 3. The van der Waals surface area contributed by atoms with E-state index in [9.17, 15) is 9.59 Å². The Kier molecular flexibility index (Phi) is 4.10. The van der Waals surface area contributed by atoms with Gasteiger partial charge in [-0.15, -0.1) is 5.10 Å². The van der Waals surface area contributed by atoms with E-state index in [0.29, 0.717) is 10.1 Å². The molecule has 1 aliphatic rings. The first kappa shape index (κ1) is 15.0. The fraction of sp³-hybridized carbons (Fsp3) is 0.571. The van der Waals surface area contributed by atoms with Gasteiger partial charge in [0.25, 0.3) is 5.56 Å². The molecule has 2 heterocycles. The van der Waals surface area contributed by atoms with E-state index in [4.69, 9.17) is 4.74 Å². The number of aryl methyl sites for hydroxylation is 1. The van der Waals surface area contributed by atoms with Gasteiger partial charge in [-0.3, -0.25) is 9.59 Å². The molecule has 1 aliphatic carbocycles. The van der Waals surface area contributed by atoms with Gasteiger partial charge in [0.1, 0.15) is 0 Å². The summed E-state index contributed by atoms with van der Waals surface area (Å²) in [4.78, 5) is 28.5. The lowest BCUT2D eigenvalue weighted by Crippen LogP contribution is -2.19. The quantitative estimate of drug-likeness (QED) is 0.858. The SMILES string of the molecule is CCc1cc(=O)n2nc(N[C@@H]3CC[C@H](C(=O)OC)C3)sc2n1. The lowest BCUT2D eigenvalue weighted by atomic mass is 10.1. The molecule has 1 saturated carbocycles. The number of hydrogen-bond donors (Lipinski definition) is 1. The van der Waals surface area contributed by atoms with Crippen molar-refractivity contribution in [3.8, 4) is 0 Å². The largest absolute Gasteiger partial charge is 0.469 e. The van der Waals surface area contributed by atoms with Crippen LogP contribution >= 0.6 is 11.3 Å². The highest BCUT2D eigenvalue weighted by atomic mass is 32.1. The lowest BCUT2D eigenvalue weighted by Gasteiger charge is -2.10. The monoisotopic (exact) mass is 322 g/mol. The zero-order valence-corrected chi connectivity index (χ0v) is 13.4. The number of esters is 1. The first-order chi connectivity index (χ1) is 10.6. The zero-order chi connectivity index (χ0) is 15.7. The van der Waals surface area contributed by atoms with Gasteiger partial charge < -0.3 is 10.1 Å². The van der Waals surface area contributed by atoms with Crippen molar-refractivity contribution < 1.29 is 9.53 Å². The molecule has 22 heavy (non-hydrogen) atoms. The predicted octanol–water partition coefficient (Wildman–Crippen LogP) is 1.47. The molecule has 0 unspecified atom stereocenters. The Labute approximate surface area is 131 Å². The van der Waals surface area contributed by atoms with E-state index in [0.717, 1.165) is 31.4 Å². The van der Waals surface area contributed by atoms with Crippen LogP contribution < -0.4 is 10.9 Å². The van der Waals surface area contributed by atoms with Crippen LogP contribution in [0.5, 0.6) is 0 Å². The highest BCUT2D eigenvalue weighted by molar-refractivity contribution is 7.20. The van der Waals surface area contributed by atoms with E-state index in [-0.39, 0.29) is 23.5 Å². The molecule has 0 radical (unpaired) electrons. The summed E-state index contributed by atoms with van der Waals surface area (Å²) >= 11 is 1.36. The maximum atomic E-state index is 12.0. The molecule has 2 aromatic heterocycles. The van der Waals surface area contributed by atoms with Crippen molar-refractivity contribution in [2.75, 3.05) is 12.4 Å². The van der Waals surface area contributed by atoms with Crippen LogP contribution in [0.4, 0.5) is 5.13 Å². The summed E-state index contributed by atoms with van der Waals surface area (Å²) in [5.74, 6) is -0.205. The number of nitrogens with zero attached hydrogens (tertiary/aromatic N) is 3. The number of anilines is 1. The molecule has 2 atom stereocenters. The van der Waals surface area contributed by atoms with Gasteiger partial charge in [0.15, 0.2) is 0 Å². The van der Waals surface area contributed by atoms with Gasteiger partial charge in [-0.1, -0.05) is 18.3 Å². The number of methoxy groups -OCH3 is 1. The second-order valence-electron chi connectivity index (χ2n) is 5.42. The molecule has 8 heteroatoms. The topological polar surface area (TPSA) is 85.6 Å². The number of carbonyl (C=O) groups excluding carboxylic acids is 1. The molecule has 0 amide bonds. The van der Waals surface area contributed by atoms with E-state index in [1.807, 2.05) is 6.92 Å². The fourth-order valence-corrected chi connectivity index (χ4v) is 3.66. The summed E-state index contributed by atoms with van der Waals surface area (Å²) in [6, 6.07) is 1.69. The summed E-state index contributed by atoms with van der Waals surface area (Å²) in [5.41, 5.74) is 0.608. The van der Waals surface area contributed by atoms with Gasteiger partial charge in [0, 0.05) is 17.8 Å². The Hall–Kier alpha value is -1.96. The molecular weight excluding hydrogens is 304 g/mol. The number of nitrogens with one attached hydrogen (secondary N) is 1. The van der Waals surface area contributed by atoms with Crippen LogP contribution in [0, 0.1) is 5.92 Å². The normalized spacial score (nSPS) is 21.2. The van der Waals surface area contributed by atoms with Gasteiger partial charge in [0.05, 0.1) is 13.0 Å². The van der Waals surface area contributed by atoms with E-state index < -0.39 is 0 Å². The smallest absolute Gasteiger partial charge is 0.308 e. The second kappa shape index (κ2) is 6.04. The lowest BCUT2D eigenvalue weighted by molar-refractivity contribution is -0.145. The van der Waals surface area contributed by atoms with Crippen LogP contribution in [-0.2, 0) is 16.0 Å². The summed E-state index contributed by atoms with van der Waals surface area (Å²) in [7, 11) is 1.42. The van der Waals surface area contributed by atoms with Crippen molar-refractivity contribution >= 4 is 27.4 Å². The van der Waals surface area contributed by atoms with Crippen molar-refractivity contribution in [3.05, 3.63) is 22.1 Å². The second-order valence-corrected chi connectivity index (χ2v) is 6.37. The van der Waals surface area contributed by atoms with Crippen LogP contribution in [0.1, 0.15) is 31.9 Å². The summed E-state index contributed by atoms with van der Waals surface area (Å²) < 4.78 is 6.11. The number of hydrogen-bond acceptors (Lipinski definition) is 7. The minimum atomic E-state index is -0.162. The molecule has 2 aromatic rings. The molecule has 1 N–H and O–H groups in total. The van der Waals surface area contributed by atoms with Crippen molar-refractivity contribution in [1.29, 1.82) is 0 Å². The van der Waals surface area contributed by atoms with Gasteiger partial charge in [-0.25, -0.2) is 4.98 Å². The van der Waals surface area contributed by atoms with Gasteiger partial charge in [-0.05, 0) is 25.7 Å². The van der Waals surface area contributed by atoms with Crippen molar-refractivity contribution in [2.24, 2.45) is 5.92 Å². The molecule has 1 fully saturated rings. The predicted molar refractivity (Wildman–Crippen MR) is 83.3 cm³/mol. The highest BCUT2D eigenvalue weighted by Crippen LogP contribution is 2.30. The summed E-state index contributed by atoms with van der Waals surface area (Å²) in [6.07, 6.45) is 3.15. The molecule has 118 valence electrons. The molecule has 0 aromatic carbocycles. The highest BCUT2D eigenvalue weighted by Gasteiger charge is 2.31. The third kappa shape index (κ3) is 2.83. The fourth-order valence-electron chi connectivity index (χ4n) is 2.76. The van der Waals surface area contributed by atoms with E-state index in [1.54, 1.807) is 0 Å². The number of ether oxygens (including phenoxy) is 1. The first-order valence-corrected chi connectivity index (χ1v) is 8.16. The van der Waals surface area contributed by atoms with Crippen LogP contribution in [0.3, 0.4) is 0 Å².